The molecule has 2 aromatic carbocycles. The molecular formula is C16H10FN3O4. The van der Waals surface area contributed by atoms with E-state index in [4.69, 9.17) is 13.9 Å². The minimum atomic E-state index is -0.442. The van der Waals surface area contributed by atoms with Crippen molar-refractivity contribution in [2.24, 2.45) is 0 Å². The Bertz CT molecular complexity index is 925. The topological polar surface area (TPSA) is 86.5 Å². The van der Waals surface area contributed by atoms with Crippen molar-refractivity contribution in [1.29, 1.82) is 0 Å². The maximum Gasteiger partial charge on any atom is 0.322 e. The highest BCUT2D eigenvalue weighted by atomic mass is 19.1. The van der Waals surface area contributed by atoms with E-state index < -0.39 is 11.7 Å². The largest absolute Gasteiger partial charge is 0.454 e. The molecule has 1 N–H and O–H groups in total. The monoisotopic (exact) mass is 327 g/mol. The van der Waals surface area contributed by atoms with Crippen molar-refractivity contribution in [3.8, 4) is 23.0 Å². The van der Waals surface area contributed by atoms with Gasteiger partial charge in [0.1, 0.15) is 5.82 Å². The van der Waals surface area contributed by atoms with E-state index in [0.29, 0.717) is 22.6 Å². The summed E-state index contributed by atoms with van der Waals surface area (Å²) >= 11 is 0. The Balaban J connectivity index is 1.52. The molecule has 120 valence electrons. The summed E-state index contributed by atoms with van der Waals surface area (Å²) in [5, 5.41) is 10.0. The molecule has 1 aliphatic heterocycles. The third kappa shape index (κ3) is 2.65. The second-order valence-corrected chi connectivity index (χ2v) is 4.94. The number of halogens is 1. The lowest BCUT2D eigenvalue weighted by Crippen LogP contribution is -2.12. The molecule has 7 nitrogen and oxygen atoms in total. The number of amides is 1. The van der Waals surface area contributed by atoms with Crippen molar-refractivity contribution < 1.29 is 23.1 Å². The molecule has 0 aliphatic carbocycles. The van der Waals surface area contributed by atoms with Crippen LogP contribution in [0.1, 0.15) is 10.4 Å². The van der Waals surface area contributed by atoms with Crippen molar-refractivity contribution in [3.63, 3.8) is 0 Å². The lowest BCUT2D eigenvalue weighted by Gasteiger charge is -2.02. The Labute approximate surface area is 135 Å². The molecule has 1 aromatic heterocycles. The Kier molecular flexibility index (Phi) is 3.34. The van der Waals surface area contributed by atoms with Gasteiger partial charge in [0, 0.05) is 11.1 Å². The van der Waals surface area contributed by atoms with Crippen LogP contribution in [0.3, 0.4) is 0 Å². The second kappa shape index (κ2) is 5.65. The van der Waals surface area contributed by atoms with Gasteiger partial charge in [0.15, 0.2) is 11.5 Å². The standard InChI is InChI=1S/C16H10FN3O4/c17-11-3-1-2-10(6-11)15-19-20-16(24-15)18-14(21)9-4-5-12-13(7-9)23-8-22-12/h1-7H,8H2,(H,18,20,21). The molecule has 0 saturated carbocycles. The molecule has 1 aliphatic rings. The summed E-state index contributed by atoms with van der Waals surface area (Å²) in [6.07, 6.45) is 0. The van der Waals surface area contributed by atoms with Gasteiger partial charge in [-0.25, -0.2) is 4.39 Å². The van der Waals surface area contributed by atoms with Crippen molar-refractivity contribution in [3.05, 3.63) is 53.8 Å². The highest BCUT2D eigenvalue weighted by Crippen LogP contribution is 2.32. The molecule has 3 aromatic rings. The number of rotatable bonds is 3. The summed E-state index contributed by atoms with van der Waals surface area (Å²) in [5.74, 6) is 0.321. The molecule has 0 fully saturated rings. The number of carbonyl (C=O) groups excluding carboxylic acids is 1. The van der Waals surface area contributed by atoms with Crippen molar-refractivity contribution in [2.45, 2.75) is 0 Å². The van der Waals surface area contributed by atoms with E-state index >= 15 is 0 Å². The molecule has 24 heavy (non-hydrogen) atoms. The van der Waals surface area contributed by atoms with Crippen LogP contribution < -0.4 is 14.8 Å². The number of hydrogen-bond donors (Lipinski definition) is 1. The minimum absolute atomic E-state index is 0.0862. The second-order valence-electron chi connectivity index (χ2n) is 4.94. The van der Waals surface area contributed by atoms with Gasteiger partial charge >= 0.3 is 6.01 Å². The van der Waals surface area contributed by atoms with Crippen LogP contribution in [0.2, 0.25) is 0 Å². The highest BCUT2D eigenvalue weighted by Gasteiger charge is 2.18. The van der Waals surface area contributed by atoms with E-state index in [1.54, 1.807) is 24.3 Å². The van der Waals surface area contributed by atoms with E-state index in [2.05, 4.69) is 15.5 Å². The first kappa shape index (κ1) is 14.2. The Morgan fingerprint density at radius 2 is 1.96 bits per heavy atom. The summed E-state index contributed by atoms with van der Waals surface area (Å²) in [6.45, 7) is 0.126. The van der Waals surface area contributed by atoms with E-state index in [1.165, 1.54) is 18.2 Å². The zero-order valence-corrected chi connectivity index (χ0v) is 12.2. The molecule has 0 bridgehead atoms. The van der Waals surface area contributed by atoms with E-state index in [-0.39, 0.29) is 18.7 Å². The fourth-order valence-electron chi connectivity index (χ4n) is 2.22. The van der Waals surface area contributed by atoms with Crippen LogP contribution in [0.15, 0.2) is 46.9 Å². The quantitative estimate of drug-likeness (QED) is 0.796. The first-order valence-electron chi connectivity index (χ1n) is 6.99. The number of ether oxygens (including phenoxy) is 2. The summed E-state index contributed by atoms with van der Waals surface area (Å²) in [4.78, 5) is 12.2. The molecule has 0 atom stereocenters. The van der Waals surface area contributed by atoms with Crippen LogP contribution >= 0.6 is 0 Å². The molecule has 4 rings (SSSR count). The normalized spacial score (nSPS) is 12.2. The lowest BCUT2D eigenvalue weighted by molar-refractivity contribution is 0.102. The number of nitrogens with one attached hydrogen (secondary N) is 1. The Morgan fingerprint density at radius 1 is 1.08 bits per heavy atom. The Morgan fingerprint density at radius 3 is 2.83 bits per heavy atom. The number of hydrogen-bond acceptors (Lipinski definition) is 6. The van der Waals surface area contributed by atoms with E-state index in [0.717, 1.165) is 0 Å². The van der Waals surface area contributed by atoms with E-state index in [9.17, 15) is 9.18 Å². The van der Waals surface area contributed by atoms with Gasteiger partial charge in [0.25, 0.3) is 5.91 Å². The first-order valence-corrected chi connectivity index (χ1v) is 6.99. The van der Waals surface area contributed by atoms with Crippen molar-refractivity contribution in [2.75, 3.05) is 12.1 Å². The third-order valence-corrected chi connectivity index (χ3v) is 3.35. The van der Waals surface area contributed by atoms with Crippen LogP contribution in [-0.2, 0) is 0 Å². The average molecular weight is 327 g/mol. The zero-order chi connectivity index (χ0) is 16.5. The smallest absolute Gasteiger partial charge is 0.322 e. The van der Waals surface area contributed by atoms with Crippen molar-refractivity contribution >= 4 is 11.9 Å². The predicted octanol–water partition coefficient (Wildman–Crippen LogP) is 2.86. The SMILES string of the molecule is O=C(Nc1nnc(-c2cccc(F)c2)o1)c1ccc2c(c1)OCO2. The van der Waals surface area contributed by atoms with Gasteiger partial charge in [0.2, 0.25) is 12.7 Å². The Hall–Kier alpha value is -3.42. The van der Waals surface area contributed by atoms with Gasteiger partial charge in [-0.15, -0.1) is 5.10 Å². The number of benzene rings is 2. The third-order valence-electron chi connectivity index (χ3n) is 3.35. The molecule has 1 amide bonds. The number of fused-ring (bicyclic) bond motifs is 1. The fourth-order valence-corrected chi connectivity index (χ4v) is 2.22. The lowest BCUT2D eigenvalue weighted by atomic mass is 10.2. The molecule has 2 heterocycles. The summed E-state index contributed by atoms with van der Waals surface area (Å²) in [7, 11) is 0. The van der Waals surface area contributed by atoms with Gasteiger partial charge in [-0.05, 0) is 36.4 Å². The fraction of sp³-hybridized carbons (Fsp3) is 0.0625. The van der Waals surface area contributed by atoms with Crippen LogP contribution in [0.5, 0.6) is 11.5 Å². The van der Waals surface area contributed by atoms with Gasteiger partial charge in [-0.1, -0.05) is 11.2 Å². The van der Waals surface area contributed by atoms with Crippen LogP contribution in [0, 0.1) is 5.82 Å². The molecule has 0 saturated heterocycles. The average Bonchev–Trinajstić information content (AvgIpc) is 3.23. The number of nitrogens with zero attached hydrogens (tertiary/aromatic N) is 2. The minimum Gasteiger partial charge on any atom is -0.454 e. The van der Waals surface area contributed by atoms with Crippen LogP contribution in [-0.4, -0.2) is 22.9 Å². The molecular weight excluding hydrogens is 317 g/mol. The van der Waals surface area contributed by atoms with Gasteiger partial charge < -0.3 is 13.9 Å². The molecule has 0 spiro atoms. The number of anilines is 1. The summed E-state index contributed by atoms with van der Waals surface area (Å²) in [5.41, 5.74) is 0.774. The van der Waals surface area contributed by atoms with Gasteiger partial charge in [-0.3, -0.25) is 10.1 Å². The van der Waals surface area contributed by atoms with Crippen molar-refractivity contribution in [1.82, 2.24) is 10.2 Å². The molecule has 0 radical (unpaired) electrons. The summed E-state index contributed by atoms with van der Waals surface area (Å²) in [6, 6.07) is 10.4. The maximum absolute atomic E-state index is 13.2. The van der Waals surface area contributed by atoms with Gasteiger partial charge in [0.05, 0.1) is 0 Å². The number of aromatic nitrogens is 2. The van der Waals surface area contributed by atoms with Gasteiger partial charge in [-0.2, -0.15) is 0 Å². The highest BCUT2D eigenvalue weighted by molar-refractivity contribution is 6.03. The maximum atomic E-state index is 13.2. The van der Waals surface area contributed by atoms with Crippen LogP contribution in [0.4, 0.5) is 10.4 Å². The predicted molar refractivity (Wildman–Crippen MR) is 80.2 cm³/mol. The zero-order valence-electron chi connectivity index (χ0n) is 12.2. The molecule has 0 unspecified atom stereocenters. The summed E-state index contributed by atoms with van der Waals surface area (Å²) < 4.78 is 29.0. The number of carbonyl (C=O) groups is 1. The first-order chi connectivity index (χ1) is 11.7. The van der Waals surface area contributed by atoms with E-state index in [1.807, 2.05) is 0 Å². The van der Waals surface area contributed by atoms with Crippen LogP contribution in [0.25, 0.3) is 11.5 Å². The molecule has 8 heteroatoms.